The SMILES string of the molecule is O=C(NC1CC1)[C@@H]1C[C@@]2(CO1)CN(Cc1ccc(F)cc1F)c1ccccc12. The Kier molecular flexibility index (Phi) is 4.12. The summed E-state index contributed by atoms with van der Waals surface area (Å²) in [6.45, 7) is 1.47. The van der Waals surface area contributed by atoms with Crippen LogP contribution in [0.25, 0.3) is 0 Å². The zero-order chi connectivity index (χ0) is 19.3. The van der Waals surface area contributed by atoms with Crippen molar-refractivity contribution in [2.24, 2.45) is 0 Å². The van der Waals surface area contributed by atoms with Gasteiger partial charge in [-0.3, -0.25) is 4.79 Å². The van der Waals surface area contributed by atoms with Crippen molar-refractivity contribution < 1.29 is 18.3 Å². The van der Waals surface area contributed by atoms with Gasteiger partial charge in [-0.25, -0.2) is 8.78 Å². The molecule has 1 N–H and O–H groups in total. The van der Waals surface area contributed by atoms with E-state index in [0.29, 0.717) is 37.7 Å². The summed E-state index contributed by atoms with van der Waals surface area (Å²) in [6, 6.07) is 12.0. The van der Waals surface area contributed by atoms with Gasteiger partial charge in [0.05, 0.1) is 6.61 Å². The molecule has 28 heavy (non-hydrogen) atoms. The lowest BCUT2D eigenvalue weighted by Gasteiger charge is -2.24. The molecule has 0 radical (unpaired) electrons. The molecule has 2 aromatic rings. The second-order valence-electron chi connectivity index (χ2n) is 8.18. The first-order chi connectivity index (χ1) is 13.5. The number of amides is 1. The highest BCUT2D eigenvalue weighted by Crippen LogP contribution is 2.47. The van der Waals surface area contributed by atoms with Gasteiger partial charge in [0.25, 0.3) is 0 Å². The summed E-state index contributed by atoms with van der Waals surface area (Å²) in [4.78, 5) is 14.6. The maximum absolute atomic E-state index is 14.2. The number of rotatable bonds is 4. The number of halogens is 2. The van der Waals surface area contributed by atoms with E-state index in [1.165, 1.54) is 12.1 Å². The normalized spacial score (nSPS) is 25.9. The minimum absolute atomic E-state index is 0.0279. The van der Waals surface area contributed by atoms with Crippen LogP contribution >= 0.6 is 0 Å². The van der Waals surface area contributed by atoms with Crippen LogP contribution in [0.4, 0.5) is 14.5 Å². The number of nitrogens with zero attached hydrogens (tertiary/aromatic N) is 1. The van der Waals surface area contributed by atoms with Crippen molar-refractivity contribution in [2.45, 2.75) is 43.4 Å². The number of hydrogen-bond acceptors (Lipinski definition) is 3. The molecule has 2 fully saturated rings. The van der Waals surface area contributed by atoms with Crippen molar-refractivity contribution in [1.29, 1.82) is 0 Å². The third-order valence-electron chi connectivity index (χ3n) is 6.04. The smallest absolute Gasteiger partial charge is 0.249 e. The fourth-order valence-electron chi connectivity index (χ4n) is 4.45. The van der Waals surface area contributed by atoms with Gasteiger partial charge in [-0.15, -0.1) is 0 Å². The molecule has 5 rings (SSSR count). The van der Waals surface area contributed by atoms with Crippen LogP contribution in [-0.2, 0) is 21.5 Å². The van der Waals surface area contributed by atoms with Crippen LogP contribution in [0.5, 0.6) is 0 Å². The minimum atomic E-state index is -0.576. The van der Waals surface area contributed by atoms with E-state index < -0.39 is 17.7 Å². The van der Waals surface area contributed by atoms with Crippen LogP contribution in [0.3, 0.4) is 0 Å². The maximum atomic E-state index is 14.2. The summed E-state index contributed by atoms with van der Waals surface area (Å²) >= 11 is 0. The lowest BCUT2D eigenvalue weighted by molar-refractivity contribution is -0.130. The number of benzene rings is 2. The largest absolute Gasteiger partial charge is 0.367 e. The first kappa shape index (κ1) is 17.6. The third-order valence-corrected chi connectivity index (χ3v) is 6.04. The molecule has 2 atom stereocenters. The fourth-order valence-corrected chi connectivity index (χ4v) is 4.45. The van der Waals surface area contributed by atoms with E-state index in [1.807, 2.05) is 18.2 Å². The van der Waals surface area contributed by atoms with Gasteiger partial charge in [-0.2, -0.15) is 0 Å². The standard InChI is InChI=1S/C22H22F2N2O2/c23-15-6-5-14(18(24)9-15)11-26-12-22(17-3-1-2-4-19(17)26)10-20(28-13-22)21(27)25-16-7-8-16/h1-6,9,16,20H,7-8,10-13H2,(H,25,27)/t20-,22-/m0/s1. The number of ether oxygens (including phenoxy) is 1. The average Bonchev–Trinajstić information content (AvgIpc) is 3.31. The molecule has 1 saturated carbocycles. The van der Waals surface area contributed by atoms with E-state index >= 15 is 0 Å². The second kappa shape index (κ2) is 6.55. The highest BCUT2D eigenvalue weighted by Gasteiger charge is 2.50. The minimum Gasteiger partial charge on any atom is -0.367 e. The Hall–Kier alpha value is -2.47. The van der Waals surface area contributed by atoms with Crippen LogP contribution in [0.1, 0.15) is 30.4 Å². The predicted molar refractivity (Wildman–Crippen MR) is 101 cm³/mol. The van der Waals surface area contributed by atoms with Crippen LogP contribution in [0.15, 0.2) is 42.5 Å². The van der Waals surface area contributed by atoms with Gasteiger partial charge in [0.2, 0.25) is 5.91 Å². The number of carbonyl (C=O) groups is 1. The first-order valence-electron chi connectivity index (χ1n) is 9.74. The Morgan fingerprint density at radius 2 is 2.04 bits per heavy atom. The van der Waals surface area contributed by atoms with Crippen LogP contribution in [0.2, 0.25) is 0 Å². The van der Waals surface area contributed by atoms with Gasteiger partial charge in [0.15, 0.2) is 0 Å². The second-order valence-corrected chi connectivity index (χ2v) is 8.18. The molecular weight excluding hydrogens is 362 g/mol. The summed E-state index contributed by atoms with van der Waals surface area (Å²) in [5.74, 6) is -1.14. The molecule has 2 aromatic carbocycles. The van der Waals surface area contributed by atoms with Gasteiger partial charge in [0.1, 0.15) is 17.7 Å². The lowest BCUT2D eigenvalue weighted by atomic mass is 9.80. The molecular formula is C22H22F2N2O2. The van der Waals surface area contributed by atoms with E-state index in [-0.39, 0.29) is 11.3 Å². The highest BCUT2D eigenvalue weighted by molar-refractivity contribution is 5.82. The van der Waals surface area contributed by atoms with Crippen molar-refractivity contribution in [3.05, 3.63) is 65.2 Å². The van der Waals surface area contributed by atoms with Gasteiger partial charge < -0.3 is 15.0 Å². The number of para-hydroxylation sites is 1. The maximum Gasteiger partial charge on any atom is 0.249 e. The fraction of sp³-hybridized carbons (Fsp3) is 0.409. The summed E-state index contributed by atoms with van der Waals surface area (Å²) in [7, 11) is 0. The summed E-state index contributed by atoms with van der Waals surface area (Å²) in [6.07, 6.45) is 2.26. The van der Waals surface area contributed by atoms with Crippen molar-refractivity contribution in [1.82, 2.24) is 5.32 Å². The molecule has 146 valence electrons. The van der Waals surface area contributed by atoms with E-state index in [0.717, 1.165) is 30.2 Å². The third kappa shape index (κ3) is 3.05. The lowest BCUT2D eigenvalue weighted by Crippen LogP contribution is -2.38. The van der Waals surface area contributed by atoms with E-state index in [2.05, 4.69) is 16.3 Å². The molecule has 3 aliphatic rings. The van der Waals surface area contributed by atoms with Crippen molar-refractivity contribution in [3.8, 4) is 0 Å². The van der Waals surface area contributed by atoms with E-state index in [1.54, 1.807) is 0 Å². The average molecular weight is 384 g/mol. The molecule has 0 bridgehead atoms. The number of carbonyl (C=O) groups excluding carboxylic acids is 1. The Balaban J connectivity index is 1.39. The quantitative estimate of drug-likeness (QED) is 0.880. The Morgan fingerprint density at radius 1 is 1.21 bits per heavy atom. The van der Waals surface area contributed by atoms with Crippen molar-refractivity contribution >= 4 is 11.6 Å². The zero-order valence-corrected chi connectivity index (χ0v) is 15.5. The molecule has 0 aromatic heterocycles. The topological polar surface area (TPSA) is 41.6 Å². The van der Waals surface area contributed by atoms with Gasteiger partial charge >= 0.3 is 0 Å². The number of anilines is 1. The number of nitrogens with one attached hydrogen (secondary N) is 1. The molecule has 1 amide bonds. The Bertz CT molecular complexity index is 931. The Morgan fingerprint density at radius 3 is 2.82 bits per heavy atom. The van der Waals surface area contributed by atoms with Gasteiger partial charge in [-0.1, -0.05) is 24.3 Å². The number of hydrogen-bond donors (Lipinski definition) is 1. The summed E-state index contributed by atoms with van der Waals surface area (Å²) in [5, 5.41) is 3.03. The molecule has 1 aliphatic carbocycles. The molecule has 4 nitrogen and oxygen atoms in total. The molecule has 1 saturated heterocycles. The van der Waals surface area contributed by atoms with Crippen molar-refractivity contribution in [3.63, 3.8) is 0 Å². The van der Waals surface area contributed by atoms with Crippen LogP contribution < -0.4 is 10.2 Å². The van der Waals surface area contributed by atoms with Crippen LogP contribution in [0, 0.1) is 11.6 Å². The summed E-state index contributed by atoms with van der Waals surface area (Å²) in [5.41, 5.74) is 2.34. The van der Waals surface area contributed by atoms with E-state index in [9.17, 15) is 13.6 Å². The Labute approximate surface area is 162 Å². The van der Waals surface area contributed by atoms with Crippen LogP contribution in [-0.4, -0.2) is 31.2 Å². The molecule has 0 unspecified atom stereocenters. The molecule has 2 aliphatic heterocycles. The monoisotopic (exact) mass is 384 g/mol. The molecule has 1 spiro atoms. The molecule has 2 heterocycles. The van der Waals surface area contributed by atoms with E-state index in [4.69, 9.17) is 4.74 Å². The highest BCUT2D eigenvalue weighted by atomic mass is 19.1. The number of fused-ring (bicyclic) bond motifs is 2. The van der Waals surface area contributed by atoms with Crippen molar-refractivity contribution in [2.75, 3.05) is 18.1 Å². The summed E-state index contributed by atoms with van der Waals surface area (Å²) < 4.78 is 33.4. The van der Waals surface area contributed by atoms with Gasteiger partial charge in [0, 0.05) is 41.9 Å². The first-order valence-corrected chi connectivity index (χ1v) is 9.74. The predicted octanol–water partition coefficient (Wildman–Crippen LogP) is 3.29. The zero-order valence-electron chi connectivity index (χ0n) is 15.5. The molecule has 6 heteroatoms. The van der Waals surface area contributed by atoms with Gasteiger partial charge in [-0.05, 0) is 37.0 Å².